The molecule has 0 aliphatic carbocycles. The molecule has 100 valence electrons. The van der Waals surface area contributed by atoms with E-state index in [9.17, 15) is 4.79 Å². The van der Waals surface area contributed by atoms with Crippen LogP contribution in [0.25, 0.3) is 0 Å². The summed E-state index contributed by atoms with van der Waals surface area (Å²) in [6.07, 6.45) is 5.29. The van der Waals surface area contributed by atoms with Crippen LogP contribution in [0.2, 0.25) is 0 Å². The summed E-state index contributed by atoms with van der Waals surface area (Å²) in [5, 5.41) is 6.45. The molecular weight excluding hydrogens is 212 g/mol. The zero-order valence-electron chi connectivity index (χ0n) is 11.6. The third-order valence-corrected chi connectivity index (χ3v) is 3.47. The van der Waals surface area contributed by atoms with Gasteiger partial charge in [0.05, 0.1) is 0 Å². The fraction of sp³-hybridized carbons (Fsp3) is 0.929. The topological polar surface area (TPSA) is 41.1 Å². The number of rotatable bonds is 6. The van der Waals surface area contributed by atoms with Gasteiger partial charge in [-0.05, 0) is 57.5 Å². The molecule has 0 aromatic rings. The van der Waals surface area contributed by atoms with Gasteiger partial charge in [-0.25, -0.2) is 0 Å². The van der Waals surface area contributed by atoms with Gasteiger partial charge in [0.25, 0.3) is 0 Å². The molecule has 3 nitrogen and oxygen atoms in total. The van der Waals surface area contributed by atoms with E-state index in [1.807, 2.05) is 0 Å². The van der Waals surface area contributed by atoms with Crippen molar-refractivity contribution in [2.75, 3.05) is 13.1 Å². The molecule has 1 amide bonds. The Balaban J connectivity index is 2.11. The Morgan fingerprint density at radius 3 is 2.53 bits per heavy atom. The van der Waals surface area contributed by atoms with E-state index in [0.717, 1.165) is 31.8 Å². The maximum atomic E-state index is 11.8. The van der Waals surface area contributed by atoms with Crippen LogP contribution < -0.4 is 10.6 Å². The fourth-order valence-electron chi connectivity index (χ4n) is 2.62. The Hall–Kier alpha value is -0.570. The first-order valence-electron chi connectivity index (χ1n) is 7.08. The zero-order chi connectivity index (χ0) is 12.7. The van der Waals surface area contributed by atoms with Gasteiger partial charge < -0.3 is 10.6 Å². The van der Waals surface area contributed by atoms with Gasteiger partial charge in [-0.15, -0.1) is 0 Å². The minimum Gasteiger partial charge on any atom is -0.354 e. The SMILES string of the molecule is CC(C)CC(C)NC(=O)CCC1CCNCC1. The van der Waals surface area contributed by atoms with Crippen LogP contribution in [0, 0.1) is 11.8 Å². The van der Waals surface area contributed by atoms with Crippen LogP contribution in [-0.2, 0) is 4.79 Å². The van der Waals surface area contributed by atoms with Gasteiger partial charge in [0, 0.05) is 12.5 Å². The number of nitrogens with one attached hydrogen (secondary N) is 2. The fourth-order valence-corrected chi connectivity index (χ4v) is 2.62. The van der Waals surface area contributed by atoms with Gasteiger partial charge in [-0.1, -0.05) is 13.8 Å². The van der Waals surface area contributed by atoms with E-state index in [2.05, 4.69) is 31.4 Å². The van der Waals surface area contributed by atoms with Gasteiger partial charge in [-0.2, -0.15) is 0 Å². The van der Waals surface area contributed by atoms with Crippen molar-refractivity contribution in [2.24, 2.45) is 11.8 Å². The van der Waals surface area contributed by atoms with Crippen LogP contribution in [0.3, 0.4) is 0 Å². The summed E-state index contributed by atoms with van der Waals surface area (Å²) < 4.78 is 0. The molecule has 0 aromatic carbocycles. The molecule has 2 N–H and O–H groups in total. The maximum absolute atomic E-state index is 11.8. The maximum Gasteiger partial charge on any atom is 0.220 e. The normalized spacial score (nSPS) is 19.3. The Bertz CT molecular complexity index is 222. The summed E-state index contributed by atoms with van der Waals surface area (Å²) in [5.41, 5.74) is 0. The highest BCUT2D eigenvalue weighted by Gasteiger charge is 2.15. The molecular formula is C14H28N2O. The largest absolute Gasteiger partial charge is 0.354 e. The van der Waals surface area contributed by atoms with Crippen molar-refractivity contribution >= 4 is 5.91 Å². The second-order valence-corrected chi connectivity index (χ2v) is 5.83. The minimum absolute atomic E-state index is 0.233. The van der Waals surface area contributed by atoms with Crippen molar-refractivity contribution in [3.05, 3.63) is 0 Å². The minimum atomic E-state index is 0.233. The summed E-state index contributed by atoms with van der Waals surface area (Å²) in [7, 11) is 0. The van der Waals surface area contributed by atoms with Gasteiger partial charge in [0.15, 0.2) is 0 Å². The molecule has 0 aromatic heterocycles. The molecule has 1 aliphatic heterocycles. The number of carbonyl (C=O) groups excluding carboxylic acids is 1. The van der Waals surface area contributed by atoms with Crippen molar-refractivity contribution in [2.45, 2.75) is 58.9 Å². The first kappa shape index (κ1) is 14.5. The second kappa shape index (κ2) is 7.70. The van der Waals surface area contributed by atoms with Gasteiger partial charge in [0.1, 0.15) is 0 Å². The van der Waals surface area contributed by atoms with Crippen LogP contribution in [0.4, 0.5) is 0 Å². The molecule has 1 heterocycles. The molecule has 0 radical (unpaired) electrons. The molecule has 1 atom stereocenters. The molecule has 1 aliphatic rings. The lowest BCUT2D eigenvalue weighted by molar-refractivity contribution is -0.122. The van der Waals surface area contributed by atoms with E-state index in [1.54, 1.807) is 0 Å². The van der Waals surface area contributed by atoms with Crippen LogP contribution in [0.15, 0.2) is 0 Å². The third-order valence-electron chi connectivity index (χ3n) is 3.47. The Morgan fingerprint density at radius 1 is 1.29 bits per heavy atom. The summed E-state index contributed by atoms with van der Waals surface area (Å²) >= 11 is 0. The van der Waals surface area contributed by atoms with E-state index < -0.39 is 0 Å². The highest BCUT2D eigenvalue weighted by atomic mass is 16.1. The Labute approximate surface area is 106 Å². The lowest BCUT2D eigenvalue weighted by Gasteiger charge is -2.22. The molecule has 3 heteroatoms. The predicted molar refractivity (Wildman–Crippen MR) is 71.9 cm³/mol. The number of carbonyl (C=O) groups is 1. The first-order chi connectivity index (χ1) is 8.08. The van der Waals surface area contributed by atoms with Crippen molar-refractivity contribution in [3.63, 3.8) is 0 Å². The molecule has 0 saturated carbocycles. The summed E-state index contributed by atoms with van der Waals surface area (Å²) in [6.45, 7) is 8.73. The Morgan fingerprint density at radius 2 is 1.94 bits per heavy atom. The van der Waals surface area contributed by atoms with Crippen molar-refractivity contribution in [1.82, 2.24) is 10.6 Å². The van der Waals surface area contributed by atoms with Crippen LogP contribution in [0.1, 0.15) is 52.9 Å². The average molecular weight is 240 g/mol. The quantitative estimate of drug-likeness (QED) is 0.748. The highest BCUT2D eigenvalue weighted by molar-refractivity contribution is 5.76. The number of hydrogen-bond donors (Lipinski definition) is 2. The molecule has 0 spiro atoms. The number of piperidine rings is 1. The number of hydrogen-bond acceptors (Lipinski definition) is 2. The van der Waals surface area contributed by atoms with E-state index in [4.69, 9.17) is 0 Å². The van der Waals surface area contributed by atoms with Crippen molar-refractivity contribution in [3.8, 4) is 0 Å². The molecule has 17 heavy (non-hydrogen) atoms. The van der Waals surface area contributed by atoms with E-state index in [1.165, 1.54) is 12.8 Å². The third kappa shape index (κ3) is 6.67. The molecule has 1 fully saturated rings. The summed E-state index contributed by atoms with van der Waals surface area (Å²) in [4.78, 5) is 11.8. The van der Waals surface area contributed by atoms with Crippen LogP contribution in [0.5, 0.6) is 0 Å². The van der Waals surface area contributed by atoms with E-state index in [0.29, 0.717) is 18.4 Å². The average Bonchev–Trinajstić information content (AvgIpc) is 2.26. The zero-order valence-corrected chi connectivity index (χ0v) is 11.6. The standard InChI is InChI=1S/C14H28N2O/c1-11(2)10-12(3)16-14(17)5-4-13-6-8-15-9-7-13/h11-13,15H,4-10H2,1-3H3,(H,16,17). The van der Waals surface area contributed by atoms with Crippen molar-refractivity contribution in [1.29, 1.82) is 0 Å². The molecule has 1 unspecified atom stereocenters. The molecule has 1 saturated heterocycles. The Kier molecular flexibility index (Phi) is 6.56. The first-order valence-corrected chi connectivity index (χ1v) is 7.08. The highest BCUT2D eigenvalue weighted by Crippen LogP contribution is 2.17. The monoisotopic (exact) mass is 240 g/mol. The van der Waals surface area contributed by atoms with Gasteiger partial charge in [0.2, 0.25) is 5.91 Å². The summed E-state index contributed by atoms with van der Waals surface area (Å²) in [6, 6.07) is 0.315. The van der Waals surface area contributed by atoms with Gasteiger partial charge in [-0.3, -0.25) is 4.79 Å². The van der Waals surface area contributed by atoms with Crippen LogP contribution >= 0.6 is 0 Å². The summed E-state index contributed by atoms with van der Waals surface area (Å²) in [5.74, 6) is 1.63. The van der Waals surface area contributed by atoms with E-state index in [-0.39, 0.29) is 5.91 Å². The smallest absolute Gasteiger partial charge is 0.220 e. The number of amides is 1. The second-order valence-electron chi connectivity index (χ2n) is 5.83. The van der Waals surface area contributed by atoms with Gasteiger partial charge >= 0.3 is 0 Å². The molecule has 0 bridgehead atoms. The van der Waals surface area contributed by atoms with Crippen LogP contribution in [-0.4, -0.2) is 25.0 Å². The van der Waals surface area contributed by atoms with Crippen molar-refractivity contribution < 1.29 is 4.79 Å². The lowest BCUT2D eigenvalue weighted by Crippen LogP contribution is -2.34. The lowest BCUT2D eigenvalue weighted by atomic mass is 9.93. The predicted octanol–water partition coefficient (Wildman–Crippen LogP) is 2.32. The van der Waals surface area contributed by atoms with E-state index >= 15 is 0 Å². The molecule has 1 rings (SSSR count).